The van der Waals surface area contributed by atoms with Crippen LogP contribution in [0.25, 0.3) is 11.8 Å². The zero-order valence-corrected chi connectivity index (χ0v) is 22.5. The lowest BCUT2D eigenvalue weighted by atomic mass is 10.1. The van der Waals surface area contributed by atoms with Gasteiger partial charge in [-0.1, -0.05) is 71.2 Å². The first kappa shape index (κ1) is 27.7. The molecular formula is C27H20Cl3N5O4. The van der Waals surface area contributed by atoms with Gasteiger partial charge in [-0.15, -0.1) is 0 Å². The van der Waals surface area contributed by atoms with Crippen LogP contribution < -0.4 is 21.3 Å². The molecule has 0 bridgehead atoms. The van der Waals surface area contributed by atoms with Crippen molar-refractivity contribution in [2.45, 2.75) is 0 Å². The van der Waals surface area contributed by atoms with Gasteiger partial charge in [0.15, 0.2) is 0 Å². The molecule has 4 aromatic rings. The van der Waals surface area contributed by atoms with Crippen molar-refractivity contribution in [2.24, 2.45) is 0 Å². The normalized spacial score (nSPS) is 11.1. The summed E-state index contributed by atoms with van der Waals surface area (Å²) in [4.78, 5) is 39.1. The smallest absolute Gasteiger partial charge is 0.292 e. The monoisotopic (exact) mass is 583 g/mol. The van der Waals surface area contributed by atoms with E-state index in [9.17, 15) is 19.5 Å². The predicted octanol–water partition coefficient (Wildman–Crippen LogP) is 4.84. The standard InChI is InChI=1S/C27H20Cl3N5O4/c1-34(22-15-31-35(27(39)23(22)30)19-10-6-3-7-11-19)33-26(38)21(32-25(37)16-8-4-2-5-9-16)13-17-12-18(28)14-20(29)24(17)36/h2-15,36H,1H3,(H,32,37)(H,33,38). The maximum Gasteiger partial charge on any atom is 0.292 e. The van der Waals surface area contributed by atoms with Crippen LogP contribution in [-0.4, -0.2) is 33.7 Å². The molecule has 0 aliphatic heterocycles. The fourth-order valence-corrected chi connectivity index (χ4v) is 4.24. The summed E-state index contributed by atoms with van der Waals surface area (Å²) in [5, 5.41) is 18.2. The number of aromatic nitrogens is 2. The molecule has 3 N–H and O–H groups in total. The van der Waals surface area contributed by atoms with Crippen LogP contribution in [0.5, 0.6) is 5.75 Å². The van der Waals surface area contributed by atoms with E-state index in [0.29, 0.717) is 5.69 Å². The number of carbonyl (C=O) groups excluding carboxylic acids is 2. The van der Waals surface area contributed by atoms with Crippen molar-refractivity contribution in [2.75, 3.05) is 12.1 Å². The Bertz CT molecular complexity index is 1630. The molecule has 1 aromatic heterocycles. The molecule has 0 atom stereocenters. The van der Waals surface area contributed by atoms with E-state index in [1.165, 1.54) is 36.5 Å². The maximum absolute atomic E-state index is 13.3. The second-order valence-electron chi connectivity index (χ2n) is 8.10. The molecule has 1 heterocycles. The van der Waals surface area contributed by atoms with Gasteiger partial charge < -0.3 is 10.4 Å². The molecule has 3 aromatic carbocycles. The molecule has 0 saturated carbocycles. The SMILES string of the molecule is CN(NC(=O)C(=Cc1cc(Cl)cc(Cl)c1O)NC(=O)c1ccccc1)c1cnn(-c2ccccc2)c(=O)c1Cl. The summed E-state index contributed by atoms with van der Waals surface area (Å²) >= 11 is 18.4. The Morgan fingerprint density at radius 2 is 1.64 bits per heavy atom. The lowest BCUT2D eigenvalue weighted by Gasteiger charge is -2.22. The Kier molecular flexibility index (Phi) is 8.55. The maximum atomic E-state index is 13.3. The number of hydrogen-bond donors (Lipinski definition) is 3. The largest absolute Gasteiger partial charge is 0.506 e. The Morgan fingerprint density at radius 3 is 2.31 bits per heavy atom. The van der Waals surface area contributed by atoms with Crippen LogP contribution in [0.15, 0.2) is 89.5 Å². The van der Waals surface area contributed by atoms with Crippen molar-refractivity contribution in [1.29, 1.82) is 0 Å². The minimum atomic E-state index is -0.805. The summed E-state index contributed by atoms with van der Waals surface area (Å²) in [5.74, 6) is -1.73. The highest BCUT2D eigenvalue weighted by atomic mass is 35.5. The molecule has 198 valence electrons. The molecule has 0 unspecified atom stereocenters. The van der Waals surface area contributed by atoms with Gasteiger partial charge in [0.1, 0.15) is 22.2 Å². The highest BCUT2D eigenvalue weighted by Gasteiger charge is 2.20. The number of benzene rings is 3. The molecule has 0 radical (unpaired) electrons. The van der Waals surface area contributed by atoms with Crippen molar-refractivity contribution in [3.05, 3.63) is 121 Å². The minimum absolute atomic E-state index is 0.0446. The van der Waals surface area contributed by atoms with E-state index in [2.05, 4.69) is 15.8 Å². The Morgan fingerprint density at radius 1 is 1.00 bits per heavy atom. The fourth-order valence-electron chi connectivity index (χ4n) is 3.48. The van der Waals surface area contributed by atoms with E-state index in [1.54, 1.807) is 60.7 Å². The summed E-state index contributed by atoms with van der Waals surface area (Å²) < 4.78 is 1.12. The number of rotatable bonds is 7. The average Bonchev–Trinajstić information content (AvgIpc) is 2.93. The van der Waals surface area contributed by atoms with Crippen molar-refractivity contribution >= 4 is 58.4 Å². The minimum Gasteiger partial charge on any atom is -0.506 e. The fraction of sp³-hybridized carbons (Fsp3) is 0.0370. The molecule has 0 aliphatic carbocycles. The van der Waals surface area contributed by atoms with Gasteiger partial charge in [-0.3, -0.25) is 24.8 Å². The molecule has 0 fully saturated rings. The van der Waals surface area contributed by atoms with Gasteiger partial charge in [0.05, 0.1) is 16.9 Å². The lowest BCUT2D eigenvalue weighted by Crippen LogP contribution is -2.44. The molecule has 0 saturated heterocycles. The number of para-hydroxylation sites is 1. The number of carbonyl (C=O) groups is 2. The van der Waals surface area contributed by atoms with Crippen LogP contribution in [0.3, 0.4) is 0 Å². The van der Waals surface area contributed by atoms with Gasteiger partial charge in [0, 0.05) is 23.2 Å². The first-order valence-corrected chi connectivity index (χ1v) is 12.4. The first-order valence-electron chi connectivity index (χ1n) is 11.3. The van der Waals surface area contributed by atoms with Crippen LogP contribution in [0.1, 0.15) is 15.9 Å². The summed E-state index contributed by atoms with van der Waals surface area (Å²) in [6.07, 6.45) is 2.52. The van der Waals surface area contributed by atoms with E-state index in [1.807, 2.05) is 0 Å². The number of hydrazine groups is 1. The zero-order valence-electron chi connectivity index (χ0n) is 20.2. The molecule has 9 nitrogen and oxygen atoms in total. The number of aromatic hydroxyl groups is 1. The quantitative estimate of drug-likeness (QED) is 0.212. The average molecular weight is 585 g/mol. The van der Waals surface area contributed by atoms with E-state index in [-0.39, 0.29) is 43.3 Å². The number of phenols is 1. The Balaban J connectivity index is 1.66. The molecule has 0 aliphatic rings. The molecule has 2 amide bonds. The van der Waals surface area contributed by atoms with Gasteiger partial charge in [-0.2, -0.15) is 9.78 Å². The van der Waals surface area contributed by atoms with Crippen LogP contribution in [0, 0.1) is 0 Å². The van der Waals surface area contributed by atoms with Crippen molar-refractivity contribution in [3.8, 4) is 11.4 Å². The van der Waals surface area contributed by atoms with Gasteiger partial charge in [0.2, 0.25) is 0 Å². The molecule has 39 heavy (non-hydrogen) atoms. The lowest BCUT2D eigenvalue weighted by molar-refractivity contribution is -0.117. The van der Waals surface area contributed by atoms with Gasteiger partial charge in [-0.25, -0.2) is 0 Å². The molecule has 4 rings (SSSR count). The third-order valence-electron chi connectivity index (χ3n) is 5.42. The van der Waals surface area contributed by atoms with Crippen molar-refractivity contribution in [3.63, 3.8) is 0 Å². The predicted molar refractivity (Wildman–Crippen MR) is 151 cm³/mol. The third kappa shape index (κ3) is 6.40. The van der Waals surface area contributed by atoms with Crippen LogP contribution >= 0.6 is 34.8 Å². The highest BCUT2D eigenvalue weighted by Crippen LogP contribution is 2.32. The number of anilines is 1. The summed E-state index contributed by atoms with van der Waals surface area (Å²) in [7, 11) is 1.44. The number of hydrogen-bond acceptors (Lipinski definition) is 6. The zero-order chi connectivity index (χ0) is 28.1. The Labute approximate surface area is 237 Å². The summed E-state index contributed by atoms with van der Waals surface area (Å²) in [6.45, 7) is 0. The number of halogens is 3. The van der Waals surface area contributed by atoms with Gasteiger partial charge in [-0.05, 0) is 42.5 Å². The first-order chi connectivity index (χ1) is 18.7. The number of phenolic OH excluding ortho intramolecular Hbond substituents is 1. The molecular weight excluding hydrogens is 565 g/mol. The second kappa shape index (κ2) is 12.0. The molecule has 0 spiro atoms. The summed E-state index contributed by atoms with van der Waals surface area (Å²) in [5.41, 5.74) is 2.66. The summed E-state index contributed by atoms with van der Waals surface area (Å²) in [6, 6.07) is 19.6. The van der Waals surface area contributed by atoms with Crippen LogP contribution in [0.2, 0.25) is 15.1 Å². The Hall–Kier alpha value is -4.31. The van der Waals surface area contributed by atoms with Crippen molar-refractivity contribution in [1.82, 2.24) is 20.5 Å². The van der Waals surface area contributed by atoms with E-state index in [4.69, 9.17) is 34.8 Å². The number of nitrogens with one attached hydrogen (secondary N) is 2. The number of nitrogens with zero attached hydrogens (tertiary/aromatic N) is 3. The topological polar surface area (TPSA) is 117 Å². The van der Waals surface area contributed by atoms with E-state index >= 15 is 0 Å². The van der Waals surface area contributed by atoms with Crippen LogP contribution in [-0.2, 0) is 4.79 Å². The van der Waals surface area contributed by atoms with E-state index < -0.39 is 17.4 Å². The van der Waals surface area contributed by atoms with Crippen LogP contribution in [0.4, 0.5) is 5.69 Å². The van der Waals surface area contributed by atoms with Gasteiger partial charge >= 0.3 is 0 Å². The molecule has 12 heteroatoms. The number of amides is 2. The van der Waals surface area contributed by atoms with E-state index in [0.717, 1.165) is 4.68 Å². The van der Waals surface area contributed by atoms with Crippen molar-refractivity contribution < 1.29 is 14.7 Å². The van der Waals surface area contributed by atoms with Gasteiger partial charge in [0.25, 0.3) is 17.4 Å². The highest BCUT2D eigenvalue weighted by molar-refractivity contribution is 6.36. The third-order valence-corrected chi connectivity index (χ3v) is 6.28. The second-order valence-corrected chi connectivity index (χ2v) is 9.32.